The lowest BCUT2D eigenvalue weighted by atomic mass is 10.3. The minimum atomic E-state index is -0.131. The van der Waals surface area contributed by atoms with Gasteiger partial charge in [0, 0.05) is 17.1 Å². The van der Waals surface area contributed by atoms with Gasteiger partial charge in [-0.25, -0.2) is 0 Å². The van der Waals surface area contributed by atoms with Gasteiger partial charge in [0.1, 0.15) is 23.7 Å². The second kappa shape index (κ2) is 7.56. The summed E-state index contributed by atoms with van der Waals surface area (Å²) in [6, 6.07) is 8.83. The van der Waals surface area contributed by atoms with Crippen LogP contribution in [-0.4, -0.2) is 22.7 Å². The molecule has 0 spiro atoms. The van der Waals surface area contributed by atoms with Gasteiger partial charge in [-0.2, -0.15) is 0 Å². The number of benzene rings is 1. The summed E-state index contributed by atoms with van der Waals surface area (Å²) >= 11 is 11.5. The number of halogens is 2. The largest absolute Gasteiger partial charge is 0.463 e. The SMILES string of the molecule is CC(C)N(Cc1cc(Oc2ccc(Cl)cc2)co1)C(=O)CCl. The first-order valence-electron chi connectivity index (χ1n) is 6.86. The molecule has 0 bridgehead atoms. The topological polar surface area (TPSA) is 42.7 Å². The molecule has 118 valence electrons. The van der Waals surface area contributed by atoms with E-state index in [-0.39, 0.29) is 17.8 Å². The van der Waals surface area contributed by atoms with Gasteiger partial charge in [0.05, 0.1) is 6.54 Å². The number of nitrogens with zero attached hydrogens (tertiary/aromatic N) is 1. The first kappa shape index (κ1) is 16.7. The molecule has 0 aliphatic heterocycles. The van der Waals surface area contributed by atoms with Crippen LogP contribution in [0.15, 0.2) is 41.0 Å². The molecule has 1 heterocycles. The Kier molecular flexibility index (Phi) is 5.75. The number of carbonyl (C=O) groups excluding carboxylic acids is 1. The summed E-state index contributed by atoms with van der Waals surface area (Å²) in [6.45, 7) is 4.21. The zero-order valence-corrected chi connectivity index (χ0v) is 13.9. The monoisotopic (exact) mass is 341 g/mol. The van der Waals surface area contributed by atoms with Crippen LogP contribution in [0.3, 0.4) is 0 Å². The number of furan rings is 1. The number of ether oxygens (including phenoxy) is 1. The van der Waals surface area contributed by atoms with Crippen molar-refractivity contribution in [3.63, 3.8) is 0 Å². The Hall–Kier alpha value is -1.65. The van der Waals surface area contributed by atoms with Crippen LogP contribution in [0, 0.1) is 0 Å². The van der Waals surface area contributed by atoms with E-state index >= 15 is 0 Å². The molecule has 0 aliphatic rings. The fourth-order valence-electron chi connectivity index (χ4n) is 1.94. The fraction of sp³-hybridized carbons (Fsp3) is 0.312. The maximum absolute atomic E-state index is 11.8. The number of amides is 1. The third-order valence-electron chi connectivity index (χ3n) is 3.06. The van der Waals surface area contributed by atoms with E-state index in [1.807, 2.05) is 13.8 Å². The molecule has 0 saturated carbocycles. The van der Waals surface area contributed by atoms with E-state index in [0.717, 1.165) is 0 Å². The third kappa shape index (κ3) is 4.42. The molecule has 1 amide bonds. The molecule has 0 saturated heterocycles. The van der Waals surface area contributed by atoms with Crippen LogP contribution in [0.2, 0.25) is 5.02 Å². The van der Waals surface area contributed by atoms with Gasteiger partial charge in [-0.15, -0.1) is 11.6 Å². The molecule has 1 aromatic carbocycles. The molecule has 0 N–H and O–H groups in total. The van der Waals surface area contributed by atoms with Crippen molar-refractivity contribution in [1.29, 1.82) is 0 Å². The molecule has 4 nitrogen and oxygen atoms in total. The quantitative estimate of drug-likeness (QED) is 0.715. The first-order valence-corrected chi connectivity index (χ1v) is 7.77. The van der Waals surface area contributed by atoms with Crippen LogP contribution in [0.5, 0.6) is 11.5 Å². The van der Waals surface area contributed by atoms with Gasteiger partial charge in [0.15, 0.2) is 5.75 Å². The van der Waals surface area contributed by atoms with Gasteiger partial charge in [-0.3, -0.25) is 4.79 Å². The normalized spacial score (nSPS) is 10.8. The summed E-state index contributed by atoms with van der Waals surface area (Å²) in [7, 11) is 0. The van der Waals surface area contributed by atoms with E-state index in [4.69, 9.17) is 32.4 Å². The third-order valence-corrected chi connectivity index (χ3v) is 3.54. The van der Waals surface area contributed by atoms with E-state index in [0.29, 0.717) is 28.8 Å². The van der Waals surface area contributed by atoms with Crippen molar-refractivity contribution in [3.8, 4) is 11.5 Å². The van der Waals surface area contributed by atoms with Crippen LogP contribution in [0.1, 0.15) is 19.6 Å². The lowest BCUT2D eigenvalue weighted by Gasteiger charge is -2.24. The van der Waals surface area contributed by atoms with Crippen molar-refractivity contribution < 1.29 is 13.9 Å². The lowest BCUT2D eigenvalue weighted by molar-refractivity contribution is -0.131. The molecule has 2 rings (SSSR count). The fourth-order valence-corrected chi connectivity index (χ4v) is 2.22. The van der Waals surface area contributed by atoms with Crippen molar-refractivity contribution in [3.05, 3.63) is 47.4 Å². The molecule has 22 heavy (non-hydrogen) atoms. The highest BCUT2D eigenvalue weighted by molar-refractivity contribution is 6.30. The van der Waals surface area contributed by atoms with Crippen LogP contribution in [0.25, 0.3) is 0 Å². The van der Waals surface area contributed by atoms with Crippen molar-refractivity contribution in [2.45, 2.75) is 26.4 Å². The number of hydrogen-bond donors (Lipinski definition) is 0. The standard InChI is InChI=1S/C16H17Cl2NO3/c1-11(2)19(16(20)8-17)9-14-7-15(10-21-14)22-13-5-3-12(18)4-6-13/h3-7,10-11H,8-9H2,1-2H3. The molecule has 0 atom stereocenters. The first-order chi connectivity index (χ1) is 10.5. The average molecular weight is 342 g/mol. The average Bonchev–Trinajstić information content (AvgIpc) is 2.93. The maximum Gasteiger partial charge on any atom is 0.238 e. The number of hydrogen-bond acceptors (Lipinski definition) is 3. The van der Waals surface area contributed by atoms with Crippen LogP contribution < -0.4 is 4.74 Å². The van der Waals surface area contributed by atoms with Gasteiger partial charge in [0.2, 0.25) is 5.91 Å². The summed E-state index contributed by atoms with van der Waals surface area (Å²) in [5.74, 6) is 1.69. The molecule has 0 aliphatic carbocycles. The van der Waals surface area contributed by atoms with E-state index in [2.05, 4.69) is 0 Å². The smallest absolute Gasteiger partial charge is 0.238 e. The van der Waals surface area contributed by atoms with Gasteiger partial charge >= 0.3 is 0 Å². The molecular weight excluding hydrogens is 325 g/mol. The second-order valence-electron chi connectivity index (χ2n) is 5.05. The summed E-state index contributed by atoms with van der Waals surface area (Å²) in [6.07, 6.45) is 1.51. The molecular formula is C16H17Cl2NO3. The Balaban J connectivity index is 2.04. The second-order valence-corrected chi connectivity index (χ2v) is 5.76. The van der Waals surface area contributed by atoms with E-state index in [1.165, 1.54) is 6.26 Å². The van der Waals surface area contributed by atoms with Crippen LogP contribution in [-0.2, 0) is 11.3 Å². The van der Waals surface area contributed by atoms with Crippen molar-refractivity contribution in [2.75, 3.05) is 5.88 Å². The number of alkyl halides is 1. The highest BCUT2D eigenvalue weighted by Gasteiger charge is 2.18. The van der Waals surface area contributed by atoms with E-state index < -0.39 is 0 Å². The minimum Gasteiger partial charge on any atom is -0.463 e. The Morgan fingerprint density at radius 2 is 1.95 bits per heavy atom. The summed E-state index contributed by atoms with van der Waals surface area (Å²) in [5, 5.41) is 0.646. The van der Waals surface area contributed by atoms with Gasteiger partial charge in [0.25, 0.3) is 0 Å². The summed E-state index contributed by atoms with van der Waals surface area (Å²) < 4.78 is 11.1. The predicted molar refractivity (Wildman–Crippen MR) is 86.6 cm³/mol. The highest BCUT2D eigenvalue weighted by Crippen LogP contribution is 2.25. The van der Waals surface area contributed by atoms with Crippen molar-refractivity contribution >= 4 is 29.1 Å². The summed E-state index contributed by atoms with van der Waals surface area (Å²) in [5.41, 5.74) is 0. The van der Waals surface area contributed by atoms with Crippen molar-refractivity contribution in [2.24, 2.45) is 0 Å². The number of rotatable bonds is 6. The van der Waals surface area contributed by atoms with Crippen LogP contribution >= 0.6 is 23.2 Å². The molecule has 0 unspecified atom stereocenters. The zero-order chi connectivity index (χ0) is 16.1. The molecule has 2 aromatic rings. The molecule has 6 heteroatoms. The summed E-state index contributed by atoms with van der Waals surface area (Å²) in [4.78, 5) is 13.4. The maximum atomic E-state index is 11.8. The molecule has 0 fully saturated rings. The van der Waals surface area contributed by atoms with Crippen LogP contribution in [0.4, 0.5) is 0 Å². The Labute approximate surface area is 139 Å². The van der Waals surface area contributed by atoms with Gasteiger partial charge in [-0.1, -0.05) is 11.6 Å². The lowest BCUT2D eigenvalue weighted by Crippen LogP contribution is -2.37. The van der Waals surface area contributed by atoms with Gasteiger partial charge in [-0.05, 0) is 38.1 Å². The Morgan fingerprint density at radius 3 is 2.55 bits per heavy atom. The minimum absolute atomic E-state index is 0.0389. The Morgan fingerprint density at radius 1 is 1.27 bits per heavy atom. The highest BCUT2D eigenvalue weighted by atomic mass is 35.5. The van der Waals surface area contributed by atoms with E-state index in [1.54, 1.807) is 35.2 Å². The zero-order valence-electron chi connectivity index (χ0n) is 12.4. The van der Waals surface area contributed by atoms with Gasteiger partial charge < -0.3 is 14.1 Å². The van der Waals surface area contributed by atoms with E-state index in [9.17, 15) is 4.79 Å². The Bertz CT molecular complexity index is 623. The molecule has 0 radical (unpaired) electrons. The number of carbonyl (C=O) groups is 1. The van der Waals surface area contributed by atoms with Crippen molar-refractivity contribution in [1.82, 2.24) is 4.90 Å². The predicted octanol–water partition coefficient (Wildman–Crippen LogP) is 4.70. The molecule has 1 aromatic heterocycles.